The molecule has 2 rings (SSSR count). The van der Waals surface area contributed by atoms with Crippen LogP contribution in [-0.2, 0) is 21.2 Å². The molecule has 1 amide bonds. The van der Waals surface area contributed by atoms with Crippen LogP contribution >= 0.6 is 0 Å². The van der Waals surface area contributed by atoms with Gasteiger partial charge in [-0.3, -0.25) is 9.10 Å². The van der Waals surface area contributed by atoms with Gasteiger partial charge in [0.05, 0.1) is 11.4 Å². The molecule has 20 heavy (non-hydrogen) atoms. The second kappa shape index (κ2) is 5.83. The van der Waals surface area contributed by atoms with Crippen LogP contribution in [-0.4, -0.2) is 32.7 Å². The van der Waals surface area contributed by atoms with Crippen molar-refractivity contribution in [3.63, 3.8) is 0 Å². The highest BCUT2D eigenvalue weighted by Crippen LogP contribution is 2.34. The van der Waals surface area contributed by atoms with E-state index in [0.29, 0.717) is 25.1 Å². The molecule has 1 atom stereocenters. The van der Waals surface area contributed by atoms with E-state index in [1.807, 2.05) is 26.0 Å². The van der Waals surface area contributed by atoms with E-state index >= 15 is 0 Å². The van der Waals surface area contributed by atoms with Gasteiger partial charge in [-0.2, -0.15) is 0 Å². The van der Waals surface area contributed by atoms with Crippen molar-refractivity contribution in [2.24, 2.45) is 0 Å². The van der Waals surface area contributed by atoms with Crippen molar-refractivity contribution < 1.29 is 13.2 Å². The summed E-state index contributed by atoms with van der Waals surface area (Å²) in [6.07, 6.45) is 0.966. The van der Waals surface area contributed by atoms with E-state index in [-0.39, 0.29) is 11.7 Å². The Morgan fingerprint density at radius 3 is 2.70 bits per heavy atom. The average Bonchev–Trinajstić information content (AvgIpc) is 2.79. The van der Waals surface area contributed by atoms with Crippen LogP contribution in [0.15, 0.2) is 24.3 Å². The van der Waals surface area contributed by atoms with Crippen molar-refractivity contribution >= 4 is 21.6 Å². The Morgan fingerprint density at radius 1 is 1.35 bits per heavy atom. The number of fused-ring (bicyclic) bond motifs is 1. The Labute approximate surface area is 120 Å². The molecule has 0 radical (unpaired) electrons. The van der Waals surface area contributed by atoms with E-state index in [1.54, 1.807) is 12.1 Å². The number of carbonyl (C=O) groups is 1. The van der Waals surface area contributed by atoms with Crippen LogP contribution in [0.5, 0.6) is 0 Å². The first-order chi connectivity index (χ1) is 9.51. The summed E-state index contributed by atoms with van der Waals surface area (Å²) < 4.78 is 26.2. The molecule has 1 unspecified atom stereocenters. The smallest absolute Gasteiger partial charge is 0.244 e. The lowest BCUT2D eigenvalue weighted by Crippen LogP contribution is -2.48. The molecule has 0 aromatic heterocycles. The van der Waals surface area contributed by atoms with Gasteiger partial charge in [0.2, 0.25) is 15.9 Å². The fraction of sp³-hybridized carbons (Fsp3) is 0.500. The molecule has 0 aliphatic carbocycles. The Hall–Kier alpha value is -1.56. The first-order valence-corrected chi connectivity index (χ1v) is 8.50. The van der Waals surface area contributed by atoms with Crippen molar-refractivity contribution in [1.82, 2.24) is 5.32 Å². The highest BCUT2D eigenvalue weighted by atomic mass is 32.2. The van der Waals surface area contributed by atoms with Crippen molar-refractivity contribution in [3.05, 3.63) is 29.8 Å². The Morgan fingerprint density at radius 2 is 2.05 bits per heavy atom. The normalized spacial score (nSPS) is 17.9. The molecule has 0 saturated carbocycles. The van der Waals surface area contributed by atoms with Gasteiger partial charge in [-0.15, -0.1) is 0 Å². The van der Waals surface area contributed by atoms with Gasteiger partial charge in [0.15, 0.2) is 0 Å². The van der Waals surface area contributed by atoms with Crippen LogP contribution in [0.25, 0.3) is 0 Å². The third kappa shape index (κ3) is 2.65. The van der Waals surface area contributed by atoms with Crippen molar-refractivity contribution in [2.45, 2.75) is 32.7 Å². The van der Waals surface area contributed by atoms with Gasteiger partial charge in [0, 0.05) is 13.0 Å². The average molecular weight is 296 g/mol. The largest absolute Gasteiger partial charge is 0.355 e. The summed E-state index contributed by atoms with van der Waals surface area (Å²) in [5, 5.41) is 2.72. The fourth-order valence-electron chi connectivity index (χ4n) is 2.55. The maximum absolute atomic E-state index is 12.5. The third-order valence-electron chi connectivity index (χ3n) is 3.34. The fourth-order valence-corrected chi connectivity index (χ4v) is 4.30. The molecule has 0 saturated heterocycles. The van der Waals surface area contributed by atoms with E-state index < -0.39 is 16.1 Å². The molecule has 1 aromatic rings. The number of sulfonamides is 1. The summed E-state index contributed by atoms with van der Waals surface area (Å²) in [5.74, 6) is -0.180. The number of anilines is 1. The van der Waals surface area contributed by atoms with E-state index in [0.717, 1.165) is 5.56 Å². The molecule has 5 nitrogen and oxygen atoms in total. The number of likely N-dealkylation sites (N-methyl/N-ethyl adjacent to an activating group) is 1. The number of para-hydroxylation sites is 1. The molecule has 0 fully saturated rings. The molecular formula is C14H20N2O3S. The lowest BCUT2D eigenvalue weighted by molar-refractivity contribution is -0.121. The summed E-state index contributed by atoms with van der Waals surface area (Å²) in [4.78, 5) is 12.2. The summed E-state index contributed by atoms with van der Waals surface area (Å²) >= 11 is 0. The minimum atomic E-state index is -3.46. The molecule has 1 aliphatic rings. The van der Waals surface area contributed by atoms with Crippen LogP contribution in [0, 0.1) is 0 Å². The standard InChI is InChI=1S/C14H20N2O3S/c1-3-9-20(18,19)16-12-8-6-5-7-11(12)10-13(16)14(17)15-4-2/h5-8,13H,3-4,9-10H2,1-2H3,(H,15,17). The predicted octanol–water partition coefficient (Wildman–Crippen LogP) is 1.29. The van der Waals surface area contributed by atoms with Gasteiger partial charge < -0.3 is 5.32 Å². The van der Waals surface area contributed by atoms with Crippen LogP contribution in [0.3, 0.4) is 0 Å². The lowest BCUT2D eigenvalue weighted by Gasteiger charge is -2.25. The first kappa shape index (κ1) is 14.8. The number of carbonyl (C=O) groups excluding carboxylic acids is 1. The minimum absolute atomic E-state index is 0.0528. The number of nitrogens with one attached hydrogen (secondary N) is 1. The second-order valence-electron chi connectivity index (χ2n) is 4.86. The second-order valence-corrected chi connectivity index (χ2v) is 6.82. The summed E-state index contributed by atoms with van der Waals surface area (Å²) in [6, 6.07) is 6.64. The summed E-state index contributed by atoms with van der Waals surface area (Å²) in [6.45, 7) is 4.14. The summed E-state index contributed by atoms with van der Waals surface area (Å²) in [7, 11) is -3.46. The van der Waals surface area contributed by atoms with Crippen LogP contribution in [0.4, 0.5) is 5.69 Å². The van der Waals surface area contributed by atoms with Gasteiger partial charge in [0.25, 0.3) is 0 Å². The quantitative estimate of drug-likeness (QED) is 0.890. The molecule has 1 aliphatic heterocycles. The molecule has 1 N–H and O–H groups in total. The van der Waals surface area contributed by atoms with Gasteiger partial charge >= 0.3 is 0 Å². The van der Waals surface area contributed by atoms with E-state index in [1.165, 1.54) is 4.31 Å². The zero-order valence-electron chi connectivity index (χ0n) is 11.8. The Kier molecular flexibility index (Phi) is 4.32. The Balaban J connectivity index is 2.43. The number of nitrogens with zero attached hydrogens (tertiary/aromatic N) is 1. The van der Waals surface area contributed by atoms with Crippen LogP contribution < -0.4 is 9.62 Å². The van der Waals surface area contributed by atoms with Gasteiger partial charge in [-0.05, 0) is 25.0 Å². The van der Waals surface area contributed by atoms with E-state index in [4.69, 9.17) is 0 Å². The molecule has 110 valence electrons. The topological polar surface area (TPSA) is 66.5 Å². The zero-order chi connectivity index (χ0) is 14.8. The van der Waals surface area contributed by atoms with Crippen molar-refractivity contribution in [2.75, 3.05) is 16.6 Å². The third-order valence-corrected chi connectivity index (χ3v) is 5.32. The molecular weight excluding hydrogens is 276 g/mol. The molecule has 0 spiro atoms. The molecule has 6 heteroatoms. The van der Waals surface area contributed by atoms with Crippen LogP contribution in [0.2, 0.25) is 0 Å². The van der Waals surface area contributed by atoms with E-state index in [9.17, 15) is 13.2 Å². The zero-order valence-corrected chi connectivity index (χ0v) is 12.6. The van der Waals surface area contributed by atoms with Crippen molar-refractivity contribution in [1.29, 1.82) is 0 Å². The number of hydrogen-bond acceptors (Lipinski definition) is 3. The molecule has 1 heterocycles. The maximum Gasteiger partial charge on any atom is 0.244 e. The first-order valence-electron chi connectivity index (χ1n) is 6.89. The minimum Gasteiger partial charge on any atom is -0.355 e. The molecule has 1 aromatic carbocycles. The highest BCUT2D eigenvalue weighted by molar-refractivity contribution is 7.92. The maximum atomic E-state index is 12.5. The van der Waals surface area contributed by atoms with Gasteiger partial charge in [-0.1, -0.05) is 25.1 Å². The number of rotatable bonds is 5. The number of benzene rings is 1. The summed E-state index contributed by atoms with van der Waals surface area (Å²) in [5.41, 5.74) is 1.54. The Bertz CT molecular complexity index is 598. The highest BCUT2D eigenvalue weighted by Gasteiger charge is 2.40. The van der Waals surface area contributed by atoms with E-state index in [2.05, 4.69) is 5.32 Å². The predicted molar refractivity (Wildman–Crippen MR) is 79.2 cm³/mol. The van der Waals surface area contributed by atoms with Gasteiger partial charge in [0.1, 0.15) is 6.04 Å². The molecule has 0 bridgehead atoms. The number of amides is 1. The van der Waals surface area contributed by atoms with Crippen molar-refractivity contribution in [3.8, 4) is 0 Å². The monoisotopic (exact) mass is 296 g/mol. The number of hydrogen-bond donors (Lipinski definition) is 1. The van der Waals surface area contributed by atoms with Gasteiger partial charge in [-0.25, -0.2) is 8.42 Å². The lowest BCUT2D eigenvalue weighted by atomic mass is 10.1. The SMILES string of the molecule is CCCS(=O)(=O)N1c2ccccc2CC1C(=O)NCC. The van der Waals surface area contributed by atoms with Crippen LogP contribution in [0.1, 0.15) is 25.8 Å².